The minimum atomic E-state index is -0.0589. The standard InChI is InChI=1S/C12H18N2OS2/c1-9-12(15)14(6-4-7-16-2)11(13-9)10-5-3-8-17-10/h3,5,8-9,11,13H,4,6-7H2,1-2H3. The number of nitrogens with one attached hydrogen (secondary N) is 1. The summed E-state index contributed by atoms with van der Waals surface area (Å²) in [7, 11) is 0. The fraction of sp³-hybridized carbons (Fsp3) is 0.583. The molecular formula is C12H18N2OS2. The van der Waals surface area contributed by atoms with Crippen molar-refractivity contribution in [2.75, 3.05) is 18.6 Å². The summed E-state index contributed by atoms with van der Waals surface area (Å²) >= 11 is 3.54. The Morgan fingerprint density at radius 3 is 3.06 bits per heavy atom. The van der Waals surface area contributed by atoms with Crippen LogP contribution in [-0.4, -0.2) is 35.4 Å². The van der Waals surface area contributed by atoms with Gasteiger partial charge in [-0.25, -0.2) is 0 Å². The van der Waals surface area contributed by atoms with E-state index < -0.39 is 0 Å². The van der Waals surface area contributed by atoms with Crippen molar-refractivity contribution in [2.24, 2.45) is 0 Å². The summed E-state index contributed by atoms with van der Waals surface area (Å²) in [5.74, 6) is 1.33. The van der Waals surface area contributed by atoms with Crippen LogP contribution in [0.3, 0.4) is 0 Å². The van der Waals surface area contributed by atoms with Gasteiger partial charge >= 0.3 is 0 Å². The van der Waals surface area contributed by atoms with Crippen LogP contribution in [0, 0.1) is 0 Å². The Bertz CT molecular complexity index is 367. The molecule has 0 spiro atoms. The zero-order valence-electron chi connectivity index (χ0n) is 10.2. The molecule has 1 aliphatic rings. The first-order valence-electron chi connectivity index (χ1n) is 5.83. The van der Waals surface area contributed by atoms with Gasteiger partial charge < -0.3 is 4.90 Å². The molecule has 94 valence electrons. The maximum Gasteiger partial charge on any atom is 0.241 e. The second-order valence-corrected chi connectivity index (χ2v) is 6.15. The summed E-state index contributed by atoms with van der Waals surface area (Å²) in [6, 6.07) is 4.07. The van der Waals surface area contributed by atoms with E-state index in [0.717, 1.165) is 18.7 Å². The van der Waals surface area contributed by atoms with Crippen LogP contribution >= 0.6 is 23.1 Å². The molecular weight excluding hydrogens is 252 g/mol. The predicted octanol–water partition coefficient (Wildman–Crippen LogP) is 2.32. The summed E-state index contributed by atoms with van der Waals surface area (Å²) in [6.07, 6.45) is 3.24. The van der Waals surface area contributed by atoms with Crippen LogP contribution in [0.15, 0.2) is 17.5 Å². The second-order valence-electron chi connectivity index (χ2n) is 4.18. The average molecular weight is 270 g/mol. The van der Waals surface area contributed by atoms with Crippen molar-refractivity contribution < 1.29 is 4.79 Å². The zero-order valence-corrected chi connectivity index (χ0v) is 11.8. The molecule has 0 bridgehead atoms. The third-order valence-electron chi connectivity index (χ3n) is 2.93. The lowest BCUT2D eigenvalue weighted by molar-refractivity contribution is -0.129. The van der Waals surface area contributed by atoms with Crippen LogP contribution in [-0.2, 0) is 4.79 Å². The fourth-order valence-electron chi connectivity index (χ4n) is 2.08. The van der Waals surface area contributed by atoms with Crippen molar-refractivity contribution in [3.05, 3.63) is 22.4 Å². The van der Waals surface area contributed by atoms with Crippen molar-refractivity contribution in [3.8, 4) is 0 Å². The van der Waals surface area contributed by atoms with Crippen LogP contribution in [0.25, 0.3) is 0 Å². The van der Waals surface area contributed by atoms with Gasteiger partial charge in [0.25, 0.3) is 0 Å². The van der Waals surface area contributed by atoms with E-state index in [0.29, 0.717) is 0 Å². The molecule has 1 aromatic heterocycles. The Labute approximate surface area is 111 Å². The Kier molecular flexibility index (Phi) is 4.48. The Balaban J connectivity index is 2.05. The minimum absolute atomic E-state index is 0.0589. The monoisotopic (exact) mass is 270 g/mol. The molecule has 0 aromatic carbocycles. The lowest BCUT2D eigenvalue weighted by atomic mass is 10.3. The lowest BCUT2D eigenvalue weighted by Crippen LogP contribution is -2.31. The molecule has 2 rings (SSSR count). The van der Waals surface area contributed by atoms with Crippen LogP contribution in [0.5, 0.6) is 0 Å². The smallest absolute Gasteiger partial charge is 0.241 e. The Morgan fingerprint density at radius 2 is 2.41 bits per heavy atom. The minimum Gasteiger partial charge on any atom is -0.321 e. The van der Waals surface area contributed by atoms with E-state index in [4.69, 9.17) is 0 Å². The highest BCUT2D eigenvalue weighted by atomic mass is 32.2. The van der Waals surface area contributed by atoms with Gasteiger partial charge in [0, 0.05) is 11.4 Å². The van der Waals surface area contributed by atoms with Gasteiger partial charge in [0.15, 0.2) is 0 Å². The van der Waals surface area contributed by atoms with Gasteiger partial charge in [-0.3, -0.25) is 10.1 Å². The molecule has 1 aromatic rings. The van der Waals surface area contributed by atoms with Gasteiger partial charge in [-0.1, -0.05) is 6.07 Å². The van der Waals surface area contributed by atoms with E-state index >= 15 is 0 Å². The number of carbonyl (C=O) groups excluding carboxylic acids is 1. The average Bonchev–Trinajstić information content (AvgIpc) is 2.92. The first kappa shape index (κ1) is 12.9. The Morgan fingerprint density at radius 1 is 1.59 bits per heavy atom. The molecule has 5 heteroatoms. The number of nitrogens with zero attached hydrogens (tertiary/aromatic N) is 1. The highest BCUT2D eigenvalue weighted by Gasteiger charge is 2.36. The van der Waals surface area contributed by atoms with E-state index in [1.54, 1.807) is 11.3 Å². The van der Waals surface area contributed by atoms with Crippen LogP contribution in [0.4, 0.5) is 0 Å². The quantitative estimate of drug-likeness (QED) is 0.833. The van der Waals surface area contributed by atoms with E-state index in [9.17, 15) is 4.79 Å². The van der Waals surface area contributed by atoms with Crippen LogP contribution in [0.1, 0.15) is 24.4 Å². The molecule has 1 amide bonds. The second kappa shape index (κ2) is 5.89. The van der Waals surface area contributed by atoms with Crippen molar-refractivity contribution in [3.63, 3.8) is 0 Å². The first-order chi connectivity index (χ1) is 8.24. The predicted molar refractivity (Wildman–Crippen MR) is 74.4 cm³/mol. The molecule has 17 heavy (non-hydrogen) atoms. The lowest BCUT2D eigenvalue weighted by Gasteiger charge is -2.23. The third kappa shape index (κ3) is 2.84. The van der Waals surface area contributed by atoms with E-state index in [1.165, 1.54) is 4.88 Å². The van der Waals surface area contributed by atoms with Gasteiger partial charge in [-0.15, -0.1) is 11.3 Å². The van der Waals surface area contributed by atoms with Gasteiger partial charge in [-0.05, 0) is 36.8 Å². The van der Waals surface area contributed by atoms with Crippen LogP contribution in [0.2, 0.25) is 0 Å². The number of thioether (sulfide) groups is 1. The van der Waals surface area contributed by atoms with Crippen molar-refractivity contribution in [2.45, 2.75) is 25.6 Å². The number of rotatable bonds is 5. The highest BCUT2D eigenvalue weighted by Crippen LogP contribution is 2.28. The molecule has 2 atom stereocenters. The van der Waals surface area contributed by atoms with Gasteiger partial charge in [0.2, 0.25) is 5.91 Å². The highest BCUT2D eigenvalue weighted by molar-refractivity contribution is 7.98. The van der Waals surface area contributed by atoms with Gasteiger partial charge in [0.05, 0.1) is 6.04 Å². The summed E-state index contributed by atoms with van der Waals surface area (Å²) in [6.45, 7) is 2.79. The maximum absolute atomic E-state index is 12.1. The molecule has 2 unspecified atom stereocenters. The van der Waals surface area contributed by atoms with E-state index in [-0.39, 0.29) is 18.1 Å². The molecule has 3 nitrogen and oxygen atoms in total. The number of hydrogen-bond acceptors (Lipinski definition) is 4. The summed E-state index contributed by atoms with van der Waals surface area (Å²) in [5, 5.41) is 5.42. The summed E-state index contributed by atoms with van der Waals surface area (Å²) in [5.41, 5.74) is 0. The number of thiophene rings is 1. The topological polar surface area (TPSA) is 32.3 Å². The molecule has 1 N–H and O–H groups in total. The van der Waals surface area contributed by atoms with Crippen molar-refractivity contribution >= 4 is 29.0 Å². The Hall–Kier alpha value is -0.520. The maximum atomic E-state index is 12.1. The summed E-state index contributed by atoms with van der Waals surface area (Å²) < 4.78 is 0. The molecule has 1 saturated heterocycles. The molecule has 0 aliphatic carbocycles. The van der Waals surface area contributed by atoms with Crippen molar-refractivity contribution in [1.82, 2.24) is 10.2 Å². The molecule has 0 saturated carbocycles. The number of hydrogen-bond donors (Lipinski definition) is 1. The van der Waals surface area contributed by atoms with Crippen molar-refractivity contribution in [1.29, 1.82) is 0 Å². The van der Waals surface area contributed by atoms with E-state index in [1.807, 2.05) is 29.7 Å². The summed E-state index contributed by atoms with van der Waals surface area (Å²) in [4.78, 5) is 15.3. The van der Waals surface area contributed by atoms with Gasteiger partial charge in [-0.2, -0.15) is 11.8 Å². The number of carbonyl (C=O) groups is 1. The first-order valence-corrected chi connectivity index (χ1v) is 8.10. The molecule has 2 heterocycles. The SMILES string of the molecule is CSCCCN1C(=O)C(C)NC1c1cccs1. The fourth-order valence-corrected chi connectivity index (χ4v) is 3.29. The normalized spacial score (nSPS) is 24.6. The van der Waals surface area contributed by atoms with Gasteiger partial charge in [0.1, 0.15) is 6.17 Å². The largest absolute Gasteiger partial charge is 0.321 e. The van der Waals surface area contributed by atoms with Crippen LogP contribution < -0.4 is 5.32 Å². The molecule has 1 aliphatic heterocycles. The molecule has 1 fully saturated rings. The third-order valence-corrected chi connectivity index (χ3v) is 4.55. The van der Waals surface area contributed by atoms with E-state index in [2.05, 4.69) is 23.0 Å². The zero-order chi connectivity index (χ0) is 12.3. The molecule has 0 radical (unpaired) electrons. The number of amides is 1.